The molecular formula is C23H29N5O2S2. The number of carbonyl (C=O) groups excluding carboxylic acids is 1. The van der Waals surface area contributed by atoms with Crippen molar-refractivity contribution >= 4 is 44.5 Å². The molecule has 1 fully saturated rings. The normalized spacial score (nSPS) is 14.8. The van der Waals surface area contributed by atoms with E-state index in [4.69, 9.17) is 0 Å². The summed E-state index contributed by atoms with van der Waals surface area (Å²) in [7, 11) is 0. The topological polar surface area (TPSA) is 80.1 Å². The van der Waals surface area contributed by atoms with Gasteiger partial charge in [0.2, 0.25) is 5.91 Å². The van der Waals surface area contributed by atoms with E-state index in [1.807, 2.05) is 38.1 Å². The van der Waals surface area contributed by atoms with Crippen molar-refractivity contribution in [2.75, 3.05) is 23.7 Å². The zero-order valence-electron chi connectivity index (χ0n) is 18.8. The van der Waals surface area contributed by atoms with Gasteiger partial charge >= 0.3 is 0 Å². The minimum absolute atomic E-state index is 0.0748. The number of aryl methyl sites for hydroxylation is 1. The number of nitrogens with zero attached hydrogens (tertiary/aromatic N) is 4. The van der Waals surface area contributed by atoms with Gasteiger partial charge in [-0.2, -0.15) is 4.98 Å². The molecule has 1 amide bonds. The van der Waals surface area contributed by atoms with Gasteiger partial charge in [0.15, 0.2) is 15.9 Å². The van der Waals surface area contributed by atoms with Crippen LogP contribution in [0.25, 0.3) is 10.3 Å². The van der Waals surface area contributed by atoms with Gasteiger partial charge in [-0.25, -0.2) is 4.98 Å². The molecule has 2 aromatic heterocycles. The van der Waals surface area contributed by atoms with Crippen LogP contribution in [0.15, 0.2) is 34.2 Å². The average molecular weight is 472 g/mol. The maximum atomic E-state index is 13.1. The van der Waals surface area contributed by atoms with E-state index in [1.165, 1.54) is 28.7 Å². The molecule has 1 saturated heterocycles. The molecule has 4 rings (SSSR count). The molecule has 170 valence electrons. The van der Waals surface area contributed by atoms with Crippen molar-refractivity contribution in [2.45, 2.75) is 51.9 Å². The van der Waals surface area contributed by atoms with E-state index < -0.39 is 0 Å². The molecule has 1 aliphatic rings. The van der Waals surface area contributed by atoms with Gasteiger partial charge in [-0.1, -0.05) is 59.9 Å². The second-order valence-electron chi connectivity index (χ2n) is 8.31. The molecule has 9 heteroatoms. The Balaban J connectivity index is 1.46. The third-order valence-corrected chi connectivity index (χ3v) is 7.85. The number of thiazole rings is 1. The highest BCUT2D eigenvalue weighted by molar-refractivity contribution is 7.99. The Morgan fingerprint density at radius 3 is 2.62 bits per heavy atom. The first-order chi connectivity index (χ1) is 15.4. The first kappa shape index (κ1) is 22.8. The number of hydrogen-bond acceptors (Lipinski definition) is 7. The van der Waals surface area contributed by atoms with Gasteiger partial charge in [-0.05, 0) is 38.2 Å². The van der Waals surface area contributed by atoms with Crippen LogP contribution in [-0.4, -0.2) is 39.3 Å². The minimum Gasteiger partial charge on any atom is -0.351 e. The van der Waals surface area contributed by atoms with Crippen molar-refractivity contribution in [3.05, 3.63) is 45.7 Å². The quantitative estimate of drug-likeness (QED) is 0.417. The molecule has 1 N–H and O–H groups in total. The van der Waals surface area contributed by atoms with Gasteiger partial charge in [0.05, 0.1) is 5.75 Å². The maximum Gasteiger partial charge on any atom is 0.273 e. The number of thioether (sulfide) groups is 1. The third kappa shape index (κ3) is 5.15. The number of rotatable bonds is 7. The summed E-state index contributed by atoms with van der Waals surface area (Å²) in [6, 6.07) is 8.08. The van der Waals surface area contributed by atoms with E-state index in [2.05, 4.69) is 27.1 Å². The predicted octanol–water partition coefficient (Wildman–Crippen LogP) is 3.83. The third-order valence-electron chi connectivity index (χ3n) is 5.78. The lowest BCUT2D eigenvalue weighted by Gasteiger charge is -2.29. The smallest absolute Gasteiger partial charge is 0.273 e. The van der Waals surface area contributed by atoms with Gasteiger partial charge < -0.3 is 10.2 Å². The molecule has 1 aromatic carbocycles. The first-order valence-electron chi connectivity index (χ1n) is 11.1. The summed E-state index contributed by atoms with van der Waals surface area (Å²) in [6.45, 7) is 9.15. The fourth-order valence-electron chi connectivity index (χ4n) is 3.69. The van der Waals surface area contributed by atoms with Crippen molar-refractivity contribution < 1.29 is 4.79 Å². The summed E-state index contributed by atoms with van der Waals surface area (Å²) in [4.78, 5) is 37.0. The number of hydrogen-bond donors (Lipinski definition) is 1. The number of benzene rings is 1. The highest BCUT2D eigenvalue weighted by Gasteiger charge is 2.22. The molecule has 0 spiro atoms. The van der Waals surface area contributed by atoms with Crippen LogP contribution in [0.1, 0.15) is 37.8 Å². The molecule has 1 aliphatic heterocycles. The van der Waals surface area contributed by atoms with Gasteiger partial charge in [-0.3, -0.25) is 14.2 Å². The second kappa shape index (κ2) is 10.0. The summed E-state index contributed by atoms with van der Waals surface area (Å²) in [5.74, 6) is 0.843. The summed E-state index contributed by atoms with van der Waals surface area (Å²) >= 11 is 2.71. The van der Waals surface area contributed by atoms with Gasteiger partial charge in [0.1, 0.15) is 4.70 Å². The zero-order chi connectivity index (χ0) is 22.7. The molecule has 7 nitrogen and oxygen atoms in total. The Hall–Kier alpha value is -2.39. The first-order valence-corrected chi connectivity index (χ1v) is 12.9. The highest BCUT2D eigenvalue weighted by atomic mass is 32.2. The van der Waals surface area contributed by atoms with Gasteiger partial charge in [0.25, 0.3) is 5.56 Å². The van der Waals surface area contributed by atoms with E-state index in [0.29, 0.717) is 28.6 Å². The van der Waals surface area contributed by atoms with Crippen LogP contribution in [0.5, 0.6) is 0 Å². The van der Waals surface area contributed by atoms with Crippen LogP contribution in [0.4, 0.5) is 5.13 Å². The molecule has 0 aliphatic carbocycles. The fraction of sp³-hybridized carbons (Fsp3) is 0.478. The van der Waals surface area contributed by atoms with E-state index >= 15 is 0 Å². The lowest BCUT2D eigenvalue weighted by molar-refractivity contribution is -0.118. The molecule has 0 saturated carbocycles. The molecule has 0 bridgehead atoms. The fourth-order valence-corrected chi connectivity index (χ4v) is 5.58. The monoisotopic (exact) mass is 471 g/mol. The van der Waals surface area contributed by atoms with Crippen LogP contribution >= 0.6 is 23.1 Å². The van der Waals surface area contributed by atoms with Crippen LogP contribution in [0.2, 0.25) is 0 Å². The van der Waals surface area contributed by atoms with Crippen LogP contribution in [0.3, 0.4) is 0 Å². The van der Waals surface area contributed by atoms with Crippen molar-refractivity contribution in [3.63, 3.8) is 0 Å². The Bertz CT molecular complexity index is 1150. The number of anilines is 1. The Labute approximate surface area is 196 Å². The van der Waals surface area contributed by atoms with Gasteiger partial charge in [-0.15, -0.1) is 0 Å². The lowest BCUT2D eigenvalue weighted by Crippen LogP contribution is -2.32. The predicted molar refractivity (Wildman–Crippen MR) is 132 cm³/mol. The number of amides is 1. The molecule has 32 heavy (non-hydrogen) atoms. The molecule has 0 unspecified atom stereocenters. The number of fused-ring (bicyclic) bond motifs is 1. The van der Waals surface area contributed by atoms with E-state index in [-0.39, 0.29) is 17.2 Å². The molecule has 3 aromatic rings. The number of aromatic nitrogens is 3. The molecule has 3 heterocycles. The average Bonchev–Trinajstić information content (AvgIpc) is 3.22. The Kier molecular flexibility index (Phi) is 7.15. The van der Waals surface area contributed by atoms with Crippen molar-refractivity contribution in [1.29, 1.82) is 0 Å². The van der Waals surface area contributed by atoms with Crippen LogP contribution in [0, 0.1) is 12.8 Å². The maximum absolute atomic E-state index is 13.1. The lowest BCUT2D eigenvalue weighted by atomic mass is 10.00. The summed E-state index contributed by atoms with van der Waals surface area (Å²) in [5.41, 5.74) is 2.66. The summed E-state index contributed by atoms with van der Waals surface area (Å²) in [5, 5.41) is 4.35. The number of carbonyl (C=O) groups is 1. The highest BCUT2D eigenvalue weighted by Crippen LogP contribution is 2.30. The van der Waals surface area contributed by atoms with Crippen LogP contribution in [-0.2, 0) is 17.9 Å². The van der Waals surface area contributed by atoms with Crippen LogP contribution < -0.4 is 15.8 Å². The van der Waals surface area contributed by atoms with Crippen molar-refractivity contribution in [3.8, 4) is 0 Å². The van der Waals surface area contributed by atoms with Crippen molar-refractivity contribution in [2.24, 2.45) is 5.92 Å². The summed E-state index contributed by atoms with van der Waals surface area (Å²) < 4.78 is 2.23. The number of nitrogens with one attached hydrogen (secondary N) is 1. The van der Waals surface area contributed by atoms with E-state index in [9.17, 15) is 9.59 Å². The van der Waals surface area contributed by atoms with Crippen molar-refractivity contribution in [1.82, 2.24) is 19.9 Å². The second-order valence-corrected chi connectivity index (χ2v) is 10.2. The number of piperidine rings is 1. The summed E-state index contributed by atoms with van der Waals surface area (Å²) in [6.07, 6.45) is 2.28. The molecule has 0 radical (unpaired) electrons. The van der Waals surface area contributed by atoms with E-state index in [1.54, 1.807) is 4.57 Å². The van der Waals surface area contributed by atoms with E-state index in [0.717, 1.165) is 42.5 Å². The SMILES string of the molecule is CCn1c(SCC(=O)NCc2ccc(C)cc2)nc2nc(N3CCC(C)CC3)sc2c1=O. The minimum atomic E-state index is -0.0889. The standard InChI is InChI=1S/C23H29N5O2S2/c1-4-28-21(30)19-20(25-22(32-19)27-11-9-16(3)10-12-27)26-23(28)31-14-18(29)24-13-17-7-5-15(2)6-8-17/h5-8,16H,4,9-14H2,1-3H3,(H,24,29). The molecular weight excluding hydrogens is 442 g/mol. The largest absolute Gasteiger partial charge is 0.351 e. The Morgan fingerprint density at radius 1 is 1.22 bits per heavy atom. The van der Waals surface area contributed by atoms with Gasteiger partial charge in [0, 0.05) is 26.2 Å². The Morgan fingerprint density at radius 2 is 1.94 bits per heavy atom. The zero-order valence-corrected chi connectivity index (χ0v) is 20.4. The molecule has 0 atom stereocenters.